The average Bonchev–Trinajstić information content (AvgIpc) is 2.97. The first-order valence-electron chi connectivity index (χ1n) is 10.4. The third-order valence-corrected chi connectivity index (χ3v) is 5.85. The molecule has 8 nitrogen and oxygen atoms in total. The van der Waals surface area contributed by atoms with Crippen molar-refractivity contribution < 1.29 is 23.9 Å². The third-order valence-electron chi connectivity index (χ3n) is 5.85. The van der Waals surface area contributed by atoms with Gasteiger partial charge in [-0.3, -0.25) is 14.5 Å². The van der Waals surface area contributed by atoms with E-state index in [0.29, 0.717) is 24.9 Å². The van der Waals surface area contributed by atoms with E-state index >= 15 is 0 Å². The van der Waals surface area contributed by atoms with Crippen molar-refractivity contribution in [2.24, 2.45) is 17.8 Å². The Bertz CT molecular complexity index is 835. The minimum Gasteiger partial charge on any atom is -0.460 e. The maximum Gasteiger partial charge on any atom is 0.414 e. The van der Waals surface area contributed by atoms with Crippen LogP contribution < -0.4 is 15.1 Å². The Kier molecular flexibility index (Phi) is 5.11. The Hall–Kier alpha value is -2.77. The van der Waals surface area contributed by atoms with E-state index in [-0.39, 0.29) is 23.9 Å². The number of cyclic esters (lactones) is 1. The first-order chi connectivity index (χ1) is 14.1. The second-order valence-corrected chi connectivity index (χ2v) is 9.36. The number of piperidine rings is 1. The van der Waals surface area contributed by atoms with Crippen LogP contribution in [-0.2, 0) is 19.1 Å². The van der Waals surface area contributed by atoms with Gasteiger partial charge in [-0.15, -0.1) is 0 Å². The van der Waals surface area contributed by atoms with Gasteiger partial charge in [0, 0.05) is 31.4 Å². The number of carbonyl (C=O) groups excluding carboxylic acids is 3. The standard InChI is InChI=1S/C22H29N3O5/c1-13(26)23-9-16-10-25(21(28)29-16)15-7-5-14(6-8-15)24-11-17-18(12-24)19(17)20(27)30-22(2,3)4/h5-8,16-19H,9-12H2,1-4H3,(H,23,26). The lowest BCUT2D eigenvalue weighted by Gasteiger charge is -2.24. The molecule has 0 bridgehead atoms. The van der Waals surface area contributed by atoms with Gasteiger partial charge >= 0.3 is 12.1 Å². The molecule has 3 fully saturated rings. The number of benzene rings is 1. The number of nitrogens with one attached hydrogen (secondary N) is 1. The molecule has 0 spiro atoms. The minimum atomic E-state index is -0.443. The van der Waals surface area contributed by atoms with Gasteiger partial charge in [0.15, 0.2) is 0 Å². The summed E-state index contributed by atoms with van der Waals surface area (Å²) in [7, 11) is 0. The number of nitrogens with zero attached hydrogens (tertiary/aromatic N) is 2. The maximum absolute atomic E-state index is 12.3. The Balaban J connectivity index is 1.31. The molecule has 4 rings (SSSR count). The fourth-order valence-electron chi connectivity index (χ4n) is 4.40. The smallest absolute Gasteiger partial charge is 0.414 e. The van der Waals surface area contributed by atoms with Gasteiger partial charge in [0.2, 0.25) is 5.91 Å². The highest BCUT2D eigenvalue weighted by Gasteiger charge is 2.60. The molecular weight excluding hydrogens is 386 g/mol. The summed E-state index contributed by atoms with van der Waals surface area (Å²) in [6.45, 7) is 9.54. The topological polar surface area (TPSA) is 88.2 Å². The Labute approximate surface area is 176 Å². The van der Waals surface area contributed by atoms with Gasteiger partial charge in [-0.05, 0) is 56.9 Å². The molecule has 162 valence electrons. The molecule has 2 aliphatic heterocycles. The van der Waals surface area contributed by atoms with Gasteiger partial charge in [0.1, 0.15) is 11.7 Å². The Morgan fingerprint density at radius 2 is 1.70 bits per heavy atom. The largest absolute Gasteiger partial charge is 0.460 e. The lowest BCUT2D eigenvalue weighted by Crippen LogP contribution is -2.33. The summed E-state index contributed by atoms with van der Waals surface area (Å²) < 4.78 is 10.8. The number of anilines is 2. The first kappa shape index (κ1) is 20.5. The molecule has 2 heterocycles. The van der Waals surface area contributed by atoms with E-state index < -0.39 is 11.7 Å². The number of hydrogen-bond acceptors (Lipinski definition) is 6. The summed E-state index contributed by atoms with van der Waals surface area (Å²) in [5.41, 5.74) is 1.41. The van der Waals surface area contributed by atoms with Gasteiger partial charge in [0.25, 0.3) is 0 Å². The number of fused-ring (bicyclic) bond motifs is 1. The van der Waals surface area contributed by atoms with E-state index in [9.17, 15) is 14.4 Å². The molecule has 3 atom stereocenters. The second kappa shape index (κ2) is 7.49. The molecule has 1 aromatic rings. The van der Waals surface area contributed by atoms with Crippen LogP contribution in [0.25, 0.3) is 0 Å². The lowest BCUT2D eigenvalue weighted by atomic mass is 10.2. The van der Waals surface area contributed by atoms with Crippen molar-refractivity contribution in [1.29, 1.82) is 0 Å². The number of rotatable bonds is 5. The summed E-state index contributed by atoms with van der Waals surface area (Å²) in [5.74, 6) is 0.533. The van der Waals surface area contributed by atoms with Crippen LogP contribution in [0.1, 0.15) is 27.7 Å². The quantitative estimate of drug-likeness (QED) is 0.742. The van der Waals surface area contributed by atoms with Crippen LogP contribution in [0.2, 0.25) is 0 Å². The third kappa shape index (κ3) is 4.22. The maximum atomic E-state index is 12.3. The van der Waals surface area contributed by atoms with Crippen molar-refractivity contribution in [2.45, 2.75) is 39.4 Å². The molecule has 0 aromatic heterocycles. The predicted molar refractivity (Wildman–Crippen MR) is 111 cm³/mol. The molecule has 30 heavy (non-hydrogen) atoms. The summed E-state index contributed by atoms with van der Waals surface area (Å²) in [6.07, 6.45) is -0.753. The molecule has 1 aliphatic carbocycles. The summed E-state index contributed by atoms with van der Waals surface area (Å²) in [4.78, 5) is 39.4. The number of esters is 1. The molecule has 1 saturated carbocycles. The second-order valence-electron chi connectivity index (χ2n) is 9.36. The van der Waals surface area contributed by atoms with Crippen molar-refractivity contribution in [3.63, 3.8) is 0 Å². The molecule has 3 unspecified atom stereocenters. The molecule has 1 N–H and O–H groups in total. The number of ether oxygens (including phenoxy) is 2. The molecule has 1 aromatic carbocycles. The average molecular weight is 415 g/mol. The van der Waals surface area contributed by atoms with Gasteiger partial charge in [-0.2, -0.15) is 0 Å². The van der Waals surface area contributed by atoms with Crippen molar-refractivity contribution in [3.8, 4) is 0 Å². The van der Waals surface area contributed by atoms with Crippen LogP contribution in [0.4, 0.5) is 16.2 Å². The predicted octanol–water partition coefficient (Wildman–Crippen LogP) is 2.17. The van der Waals surface area contributed by atoms with Crippen molar-refractivity contribution in [3.05, 3.63) is 24.3 Å². The fourth-order valence-corrected chi connectivity index (χ4v) is 4.40. The van der Waals surface area contributed by atoms with E-state index in [0.717, 1.165) is 24.5 Å². The van der Waals surface area contributed by atoms with Gasteiger partial charge in [-0.25, -0.2) is 4.79 Å². The number of amides is 2. The molecule has 2 saturated heterocycles. The zero-order valence-corrected chi connectivity index (χ0v) is 17.9. The number of carbonyl (C=O) groups is 3. The van der Waals surface area contributed by atoms with Crippen LogP contribution in [0.5, 0.6) is 0 Å². The van der Waals surface area contributed by atoms with Gasteiger partial charge in [-0.1, -0.05) is 0 Å². The van der Waals surface area contributed by atoms with Crippen LogP contribution in [0.3, 0.4) is 0 Å². The molecule has 0 radical (unpaired) electrons. The van der Waals surface area contributed by atoms with Crippen molar-refractivity contribution in [2.75, 3.05) is 36.0 Å². The highest BCUT2D eigenvalue weighted by Crippen LogP contribution is 2.53. The zero-order valence-electron chi connectivity index (χ0n) is 17.9. The van der Waals surface area contributed by atoms with Crippen LogP contribution in [-0.4, -0.2) is 55.9 Å². The van der Waals surface area contributed by atoms with Crippen LogP contribution in [0, 0.1) is 17.8 Å². The van der Waals surface area contributed by atoms with E-state index in [1.54, 1.807) is 4.90 Å². The normalized spacial score (nSPS) is 27.5. The Morgan fingerprint density at radius 3 is 2.27 bits per heavy atom. The van der Waals surface area contributed by atoms with E-state index in [1.165, 1.54) is 6.92 Å². The zero-order chi connectivity index (χ0) is 21.6. The van der Waals surface area contributed by atoms with Gasteiger partial charge < -0.3 is 19.7 Å². The monoisotopic (exact) mass is 415 g/mol. The molecular formula is C22H29N3O5. The lowest BCUT2D eigenvalue weighted by molar-refractivity contribution is -0.157. The molecule has 3 aliphatic rings. The van der Waals surface area contributed by atoms with E-state index in [1.807, 2.05) is 45.0 Å². The van der Waals surface area contributed by atoms with E-state index in [4.69, 9.17) is 9.47 Å². The summed E-state index contributed by atoms with van der Waals surface area (Å²) in [5, 5.41) is 2.68. The SMILES string of the molecule is CC(=O)NCC1CN(c2ccc(N3CC4C(C3)C4C(=O)OC(C)(C)C)cc2)C(=O)O1. The minimum absolute atomic E-state index is 0.0275. The molecule has 2 amide bonds. The van der Waals surface area contributed by atoms with E-state index in [2.05, 4.69) is 10.2 Å². The van der Waals surface area contributed by atoms with Crippen molar-refractivity contribution >= 4 is 29.3 Å². The summed E-state index contributed by atoms with van der Waals surface area (Å²) in [6, 6.07) is 7.81. The highest BCUT2D eigenvalue weighted by atomic mass is 16.6. The number of hydrogen-bond donors (Lipinski definition) is 1. The summed E-state index contributed by atoms with van der Waals surface area (Å²) >= 11 is 0. The fraction of sp³-hybridized carbons (Fsp3) is 0.591. The molecule has 8 heteroatoms. The van der Waals surface area contributed by atoms with Crippen LogP contribution >= 0.6 is 0 Å². The first-order valence-corrected chi connectivity index (χ1v) is 10.4. The Morgan fingerprint density at radius 1 is 1.10 bits per heavy atom. The highest BCUT2D eigenvalue weighted by molar-refractivity contribution is 5.90. The van der Waals surface area contributed by atoms with Gasteiger partial charge in [0.05, 0.1) is 19.0 Å². The van der Waals surface area contributed by atoms with Crippen molar-refractivity contribution in [1.82, 2.24) is 5.32 Å². The van der Waals surface area contributed by atoms with Crippen LogP contribution in [0.15, 0.2) is 24.3 Å².